The van der Waals surface area contributed by atoms with Gasteiger partial charge >= 0.3 is 0 Å². The number of rotatable bonds is 3. The third kappa shape index (κ3) is 5.47. The number of carbonyl (C=O) groups excluding carboxylic acids is 2. The molecule has 0 aliphatic heterocycles. The Hall–Kier alpha value is -2.82. The molecular weight excluding hydrogens is 326 g/mol. The Morgan fingerprint density at radius 1 is 1.30 bits per heavy atom. The largest absolute Gasteiger partial charge is 0.507 e. The quantitative estimate of drug-likeness (QED) is 0.202. The first-order valence-corrected chi connectivity index (χ1v) is 7.40. The molecule has 0 unspecified atom stereocenters. The second kappa shape index (κ2) is 7.98. The molecule has 2 rings (SSSR count). The van der Waals surface area contributed by atoms with E-state index >= 15 is 0 Å². The maximum absolute atomic E-state index is 10.7. The standard InChI is InChI=1S/C7H6O5S.C6H7N3O/c8-4-5-3-6(13(10,11)12)1-2-7(5)9;7-9-6(10)5-2-1-3-8-4-5/h1-4,9H,(H,10,11,12);1-4H,7H2,(H,9,10). The van der Waals surface area contributed by atoms with Gasteiger partial charge in [0.15, 0.2) is 6.29 Å². The summed E-state index contributed by atoms with van der Waals surface area (Å²) in [5.74, 6) is 4.22. The Bertz CT molecular complexity index is 793. The van der Waals surface area contributed by atoms with Gasteiger partial charge in [-0.2, -0.15) is 8.42 Å². The molecule has 1 aromatic heterocycles. The first kappa shape index (κ1) is 18.2. The van der Waals surface area contributed by atoms with Crippen molar-refractivity contribution in [2.45, 2.75) is 4.90 Å². The third-order valence-electron chi connectivity index (χ3n) is 2.48. The molecule has 1 amide bonds. The number of phenolic OH excluding ortho intramolecular Hbond substituents is 1. The van der Waals surface area contributed by atoms with E-state index in [2.05, 4.69) is 4.98 Å². The summed E-state index contributed by atoms with van der Waals surface area (Å²) in [6.07, 6.45) is 3.33. The number of pyridine rings is 1. The molecule has 2 aromatic rings. The molecule has 1 heterocycles. The minimum atomic E-state index is -4.32. The monoisotopic (exact) mass is 339 g/mol. The van der Waals surface area contributed by atoms with Crippen LogP contribution in [0.2, 0.25) is 0 Å². The van der Waals surface area contributed by atoms with Gasteiger partial charge in [-0.25, -0.2) is 5.84 Å². The van der Waals surface area contributed by atoms with Crippen LogP contribution < -0.4 is 11.3 Å². The zero-order valence-electron chi connectivity index (χ0n) is 11.6. The summed E-state index contributed by atoms with van der Waals surface area (Å²) < 4.78 is 29.7. The summed E-state index contributed by atoms with van der Waals surface area (Å²) in [4.78, 5) is 24.3. The van der Waals surface area contributed by atoms with Gasteiger partial charge in [0.05, 0.1) is 16.0 Å². The lowest BCUT2D eigenvalue weighted by atomic mass is 10.2. The van der Waals surface area contributed by atoms with Crippen molar-refractivity contribution in [2.24, 2.45) is 5.84 Å². The normalized spacial score (nSPS) is 10.2. The summed E-state index contributed by atoms with van der Waals surface area (Å²) in [5.41, 5.74) is 2.28. The predicted octanol–water partition coefficient (Wildman–Crippen LogP) is 0.136. The molecule has 0 aliphatic rings. The Morgan fingerprint density at radius 3 is 2.48 bits per heavy atom. The van der Waals surface area contributed by atoms with Crippen LogP contribution in [0.3, 0.4) is 0 Å². The van der Waals surface area contributed by atoms with E-state index in [4.69, 9.17) is 15.5 Å². The van der Waals surface area contributed by atoms with Gasteiger partial charge in [0, 0.05) is 12.4 Å². The van der Waals surface area contributed by atoms with Crippen molar-refractivity contribution in [3.05, 3.63) is 53.9 Å². The Labute approximate surface area is 131 Å². The SMILES string of the molecule is NNC(=O)c1cccnc1.O=Cc1cc(S(=O)(=O)O)ccc1O. The first-order valence-electron chi connectivity index (χ1n) is 5.96. The Morgan fingerprint density at radius 2 is 2.00 bits per heavy atom. The van der Waals surface area contributed by atoms with Crippen molar-refractivity contribution in [2.75, 3.05) is 0 Å². The van der Waals surface area contributed by atoms with Crippen LogP contribution in [0.15, 0.2) is 47.6 Å². The van der Waals surface area contributed by atoms with E-state index < -0.39 is 15.0 Å². The van der Waals surface area contributed by atoms with E-state index in [1.54, 1.807) is 18.3 Å². The van der Waals surface area contributed by atoms with Crippen LogP contribution in [-0.2, 0) is 10.1 Å². The number of hydrazine groups is 1. The number of aldehydes is 1. The molecule has 0 fully saturated rings. The van der Waals surface area contributed by atoms with Crippen LogP contribution >= 0.6 is 0 Å². The van der Waals surface area contributed by atoms with E-state index in [-0.39, 0.29) is 17.2 Å². The number of hydrogen-bond acceptors (Lipinski definition) is 7. The molecule has 0 saturated carbocycles. The number of amides is 1. The predicted molar refractivity (Wildman–Crippen MR) is 79.2 cm³/mol. The van der Waals surface area contributed by atoms with Crippen LogP contribution in [0.25, 0.3) is 0 Å². The molecule has 0 saturated heterocycles. The smallest absolute Gasteiger partial charge is 0.294 e. The fourth-order valence-corrected chi connectivity index (χ4v) is 1.88. The van der Waals surface area contributed by atoms with E-state index in [0.717, 1.165) is 18.2 Å². The summed E-state index contributed by atoms with van der Waals surface area (Å²) >= 11 is 0. The first-order chi connectivity index (χ1) is 10.8. The molecule has 0 atom stereocenters. The lowest BCUT2D eigenvalue weighted by Gasteiger charge is -1.99. The second-order valence-electron chi connectivity index (χ2n) is 4.03. The number of carbonyl (C=O) groups is 2. The van der Waals surface area contributed by atoms with Gasteiger partial charge in [0.1, 0.15) is 5.75 Å². The average Bonchev–Trinajstić information content (AvgIpc) is 2.55. The number of hydrogen-bond donors (Lipinski definition) is 4. The number of nitrogens with zero attached hydrogens (tertiary/aromatic N) is 1. The van der Waals surface area contributed by atoms with E-state index in [9.17, 15) is 18.0 Å². The number of benzene rings is 1. The molecule has 0 aliphatic carbocycles. The molecule has 0 spiro atoms. The minimum absolute atomic E-state index is 0.185. The number of nitrogen functional groups attached to an aromatic ring is 1. The fourth-order valence-electron chi connectivity index (χ4n) is 1.37. The summed E-state index contributed by atoms with van der Waals surface area (Å²) in [7, 11) is -4.32. The lowest BCUT2D eigenvalue weighted by molar-refractivity contribution is 0.0953. The number of aromatic nitrogens is 1. The molecule has 0 bridgehead atoms. The van der Waals surface area contributed by atoms with E-state index in [0.29, 0.717) is 11.8 Å². The van der Waals surface area contributed by atoms with Crippen LogP contribution in [0, 0.1) is 0 Å². The highest BCUT2D eigenvalue weighted by molar-refractivity contribution is 7.85. The second-order valence-corrected chi connectivity index (χ2v) is 5.45. The molecule has 5 N–H and O–H groups in total. The molecule has 9 nitrogen and oxygen atoms in total. The van der Waals surface area contributed by atoms with Gasteiger partial charge in [-0.15, -0.1) is 0 Å². The zero-order chi connectivity index (χ0) is 17.5. The summed E-state index contributed by atoms with van der Waals surface area (Å²) in [6.45, 7) is 0. The number of nitrogens with one attached hydrogen (secondary N) is 1. The molecule has 10 heteroatoms. The van der Waals surface area contributed by atoms with Crippen molar-refractivity contribution >= 4 is 22.3 Å². The highest BCUT2D eigenvalue weighted by Gasteiger charge is 2.11. The molecule has 23 heavy (non-hydrogen) atoms. The van der Waals surface area contributed by atoms with Gasteiger partial charge in [0.25, 0.3) is 16.0 Å². The number of nitrogens with two attached hydrogens (primary N) is 1. The van der Waals surface area contributed by atoms with Crippen LogP contribution in [0.1, 0.15) is 20.7 Å². The van der Waals surface area contributed by atoms with Gasteiger partial charge in [-0.3, -0.25) is 24.6 Å². The van der Waals surface area contributed by atoms with Crippen molar-refractivity contribution in [3.8, 4) is 5.75 Å². The van der Waals surface area contributed by atoms with Crippen LogP contribution in [0.5, 0.6) is 5.75 Å². The van der Waals surface area contributed by atoms with Gasteiger partial charge in [-0.1, -0.05) is 0 Å². The molecule has 0 radical (unpaired) electrons. The topological polar surface area (TPSA) is 160 Å². The third-order valence-corrected chi connectivity index (χ3v) is 3.33. The highest BCUT2D eigenvalue weighted by atomic mass is 32.2. The van der Waals surface area contributed by atoms with Crippen molar-refractivity contribution in [3.63, 3.8) is 0 Å². The fraction of sp³-hybridized carbons (Fsp3) is 0. The summed E-state index contributed by atoms with van der Waals surface area (Å²) in [5, 5.41) is 8.99. The van der Waals surface area contributed by atoms with E-state index in [1.165, 1.54) is 6.20 Å². The number of phenols is 1. The maximum Gasteiger partial charge on any atom is 0.294 e. The van der Waals surface area contributed by atoms with Crippen molar-refractivity contribution < 1.29 is 27.7 Å². The average molecular weight is 339 g/mol. The van der Waals surface area contributed by atoms with Gasteiger partial charge in [-0.05, 0) is 30.3 Å². The minimum Gasteiger partial charge on any atom is -0.507 e. The van der Waals surface area contributed by atoms with E-state index in [1.807, 2.05) is 5.43 Å². The lowest BCUT2D eigenvalue weighted by Crippen LogP contribution is -2.29. The Balaban J connectivity index is 0.000000238. The number of aromatic hydroxyl groups is 1. The van der Waals surface area contributed by atoms with Gasteiger partial charge < -0.3 is 5.11 Å². The van der Waals surface area contributed by atoms with Crippen molar-refractivity contribution in [1.82, 2.24) is 10.4 Å². The van der Waals surface area contributed by atoms with Gasteiger partial charge in [0.2, 0.25) is 0 Å². The molecule has 122 valence electrons. The van der Waals surface area contributed by atoms with Crippen LogP contribution in [0.4, 0.5) is 0 Å². The molecular formula is C13H13N3O6S. The molecule has 1 aromatic carbocycles. The van der Waals surface area contributed by atoms with Crippen molar-refractivity contribution in [1.29, 1.82) is 0 Å². The highest BCUT2D eigenvalue weighted by Crippen LogP contribution is 2.19. The Kier molecular flexibility index (Phi) is 6.33. The zero-order valence-corrected chi connectivity index (χ0v) is 12.4. The summed E-state index contributed by atoms with van der Waals surface area (Å²) in [6, 6.07) is 6.21. The van der Waals surface area contributed by atoms with Crippen LogP contribution in [-0.4, -0.2) is 35.3 Å². The maximum atomic E-state index is 10.7.